The smallest absolute Gasteiger partial charge is 0.175 e. The Balaban J connectivity index is 1.65. The molecule has 1 aliphatic heterocycles. The summed E-state index contributed by atoms with van der Waals surface area (Å²) in [5.41, 5.74) is 3.37. The summed E-state index contributed by atoms with van der Waals surface area (Å²) in [4.78, 5) is 4.81. The SMILES string of the molecule is CCN1CCN(Cc2c(O)ccc3c(-c4ccccc4)noc23)CC1. The van der Waals surface area contributed by atoms with Crippen molar-refractivity contribution in [3.05, 3.63) is 48.0 Å². The van der Waals surface area contributed by atoms with Crippen molar-refractivity contribution in [3.63, 3.8) is 0 Å². The van der Waals surface area contributed by atoms with Crippen LogP contribution in [0.4, 0.5) is 0 Å². The number of hydrogen-bond acceptors (Lipinski definition) is 5. The van der Waals surface area contributed by atoms with Gasteiger partial charge in [-0.05, 0) is 18.7 Å². The number of fused-ring (bicyclic) bond motifs is 1. The number of phenols is 1. The van der Waals surface area contributed by atoms with E-state index in [1.54, 1.807) is 6.07 Å². The van der Waals surface area contributed by atoms with E-state index in [1.807, 2.05) is 36.4 Å². The molecule has 1 saturated heterocycles. The first kappa shape index (κ1) is 16.1. The largest absolute Gasteiger partial charge is 0.507 e. The van der Waals surface area contributed by atoms with Crippen LogP contribution in [0.3, 0.4) is 0 Å². The van der Waals surface area contributed by atoms with Gasteiger partial charge in [-0.3, -0.25) is 4.90 Å². The summed E-state index contributed by atoms with van der Waals surface area (Å²) in [5, 5.41) is 15.6. The van der Waals surface area contributed by atoms with Crippen molar-refractivity contribution in [1.82, 2.24) is 15.0 Å². The fourth-order valence-electron chi connectivity index (χ4n) is 3.49. The maximum absolute atomic E-state index is 10.4. The zero-order valence-corrected chi connectivity index (χ0v) is 14.5. The van der Waals surface area contributed by atoms with Crippen LogP contribution in [-0.4, -0.2) is 52.8 Å². The molecule has 1 fully saturated rings. The van der Waals surface area contributed by atoms with E-state index in [9.17, 15) is 5.11 Å². The second kappa shape index (κ2) is 6.86. The third kappa shape index (κ3) is 3.13. The molecule has 0 atom stereocenters. The Labute approximate surface area is 147 Å². The van der Waals surface area contributed by atoms with Gasteiger partial charge in [0.1, 0.15) is 11.4 Å². The molecule has 5 nitrogen and oxygen atoms in total. The van der Waals surface area contributed by atoms with E-state index < -0.39 is 0 Å². The fourth-order valence-corrected chi connectivity index (χ4v) is 3.49. The predicted octanol–water partition coefficient (Wildman–Crippen LogP) is 3.34. The van der Waals surface area contributed by atoms with Crippen LogP contribution in [0, 0.1) is 0 Å². The van der Waals surface area contributed by atoms with Gasteiger partial charge in [0.15, 0.2) is 5.58 Å². The molecule has 1 aliphatic rings. The Morgan fingerprint density at radius 1 is 1.00 bits per heavy atom. The van der Waals surface area contributed by atoms with Gasteiger partial charge in [-0.2, -0.15) is 0 Å². The lowest BCUT2D eigenvalue weighted by Crippen LogP contribution is -2.45. The lowest BCUT2D eigenvalue weighted by Gasteiger charge is -2.34. The number of aromatic nitrogens is 1. The van der Waals surface area contributed by atoms with E-state index in [2.05, 4.69) is 21.9 Å². The minimum Gasteiger partial charge on any atom is -0.507 e. The van der Waals surface area contributed by atoms with Crippen molar-refractivity contribution in [2.45, 2.75) is 13.5 Å². The third-order valence-corrected chi connectivity index (χ3v) is 5.06. The zero-order chi connectivity index (χ0) is 17.2. The van der Waals surface area contributed by atoms with Crippen molar-refractivity contribution < 1.29 is 9.63 Å². The molecule has 2 heterocycles. The highest BCUT2D eigenvalue weighted by atomic mass is 16.5. The van der Waals surface area contributed by atoms with Gasteiger partial charge in [0.2, 0.25) is 0 Å². The van der Waals surface area contributed by atoms with Crippen molar-refractivity contribution in [3.8, 4) is 17.0 Å². The quantitative estimate of drug-likeness (QED) is 0.791. The Hall–Kier alpha value is -2.37. The Morgan fingerprint density at radius 2 is 1.72 bits per heavy atom. The number of piperazine rings is 1. The highest BCUT2D eigenvalue weighted by Gasteiger charge is 2.21. The maximum atomic E-state index is 10.4. The summed E-state index contributed by atoms with van der Waals surface area (Å²) >= 11 is 0. The standard InChI is InChI=1S/C20H23N3O2/c1-2-22-10-12-23(13-11-22)14-17-18(24)9-8-16-19(21-25-20(16)17)15-6-4-3-5-7-15/h3-9,24H,2,10-14H2,1H3. The normalized spacial score (nSPS) is 16.5. The average molecular weight is 337 g/mol. The molecule has 3 aromatic rings. The molecule has 0 amide bonds. The molecule has 1 N–H and O–H groups in total. The molecule has 0 bridgehead atoms. The summed E-state index contributed by atoms with van der Waals surface area (Å²) < 4.78 is 5.65. The van der Waals surface area contributed by atoms with E-state index in [-0.39, 0.29) is 5.75 Å². The highest BCUT2D eigenvalue weighted by Crippen LogP contribution is 2.34. The molecule has 25 heavy (non-hydrogen) atoms. The van der Waals surface area contributed by atoms with E-state index in [0.29, 0.717) is 12.1 Å². The average Bonchev–Trinajstić information content (AvgIpc) is 3.09. The first-order valence-electron chi connectivity index (χ1n) is 8.86. The van der Waals surface area contributed by atoms with Gasteiger partial charge in [-0.25, -0.2) is 0 Å². The number of likely N-dealkylation sites (N-methyl/N-ethyl adjacent to an activating group) is 1. The van der Waals surface area contributed by atoms with E-state index in [0.717, 1.165) is 54.9 Å². The summed E-state index contributed by atoms with van der Waals surface area (Å²) in [5.74, 6) is 0.279. The minimum absolute atomic E-state index is 0.279. The van der Waals surface area contributed by atoms with Crippen LogP contribution in [0.2, 0.25) is 0 Å². The van der Waals surface area contributed by atoms with Crippen molar-refractivity contribution >= 4 is 11.0 Å². The van der Waals surface area contributed by atoms with Crippen molar-refractivity contribution in [1.29, 1.82) is 0 Å². The van der Waals surface area contributed by atoms with Gasteiger partial charge >= 0.3 is 0 Å². The van der Waals surface area contributed by atoms with E-state index in [4.69, 9.17) is 4.52 Å². The highest BCUT2D eigenvalue weighted by molar-refractivity contribution is 5.94. The van der Waals surface area contributed by atoms with Crippen molar-refractivity contribution in [2.75, 3.05) is 32.7 Å². The van der Waals surface area contributed by atoms with Gasteiger partial charge in [0, 0.05) is 38.3 Å². The minimum atomic E-state index is 0.279. The van der Waals surface area contributed by atoms with Crippen molar-refractivity contribution in [2.24, 2.45) is 0 Å². The van der Waals surface area contributed by atoms with Crippen LogP contribution in [0.1, 0.15) is 12.5 Å². The van der Waals surface area contributed by atoms with Gasteiger partial charge in [0.25, 0.3) is 0 Å². The van der Waals surface area contributed by atoms with Crippen LogP contribution in [0.5, 0.6) is 5.75 Å². The Kier molecular flexibility index (Phi) is 4.42. The second-order valence-corrected chi connectivity index (χ2v) is 6.55. The lowest BCUT2D eigenvalue weighted by atomic mass is 10.0. The number of nitrogens with zero attached hydrogens (tertiary/aromatic N) is 3. The molecule has 0 spiro atoms. The molecule has 5 heteroatoms. The van der Waals surface area contributed by atoms with Gasteiger partial charge in [-0.15, -0.1) is 0 Å². The molecule has 1 aromatic heterocycles. The zero-order valence-electron chi connectivity index (χ0n) is 14.5. The predicted molar refractivity (Wildman–Crippen MR) is 98.5 cm³/mol. The van der Waals surface area contributed by atoms with Crippen LogP contribution < -0.4 is 0 Å². The third-order valence-electron chi connectivity index (χ3n) is 5.06. The number of phenolic OH excluding ortho intramolecular Hbond substituents is 1. The maximum Gasteiger partial charge on any atom is 0.175 e. The molecular weight excluding hydrogens is 314 g/mol. The van der Waals surface area contributed by atoms with Crippen LogP contribution in [-0.2, 0) is 6.54 Å². The molecule has 0 aliphatic carbocycles. The van der Waals surface area contributed by atoms with Gasteiger partial charge < -0.3 is 14.5 Å². The first-order valence-corrected chi connectivity index (χ1v) is 8.86. The molecule has 130 valence electrons. The van der Waals surface area contributed by atoms with Gasteiger partial charge in [-0.1, -0.05) is 42.4 Å². The molecule has 0 unspecified atom stereocenters. The van der Waals surface area contributed by atoms with E-state index >= 15 is 0 Å². The molecule has 0 saturated carbocycles. The molecule has 2 aromatic carbocycles. The topological polar surface area (TPSA) is 52.7 Å². The summed E-state index contributed by atoms with van der Waals surface area (Å²) in [7, 11) is 0. The summed E-state index contributed by atoms with van der Waals surface area (Å²) in [6, 6.07) is 13.7. The first-order chi connectivity index (χ1) is 12.3. The molecular formula is C20H23N3O2. The van der Waals surface area contributed by atoms with Gasteiger partial charge in [0.05, 0.1) is 10.9 Å². The number of benzene rings is 2. The monoisotopic (exact) mass is 337 g/mol. The second-order valence-electron chi connectivity index (χ2n) is 6.55. The summed E-state index contributed by atoms with van der Waals surface area (Å²) in [6.45, 7) is 8.12. The Morgan fingerprint density at radius 3 is 2.44 bits per heavy atom. The Bertz CT molecular complexity index is 852. The van der Waals surface area contributed by atoms with Crippen LogP contribution in [0.25, 0.3) is 22.2 Å². The lowest BCUT2D eigenvalue weighted by molar-refractivity contribution is 0.131. The van der Waals surface area contributed by atoms with E-state index in [1.165, 1.54) is 0 Å². The number of rotatable bonds is 4. The van der Waals surface area contributed by atoms with Crippen LogP contribution >= 0.6 is 0 Å². The summed E-state index contributed by atoms with van der Waals surface area (Å²) in [6.07, 6.45) is 0. The molecule has 0 radical (unpaired) electrons. The number of hydrogen-bond donors (Lipinski definition) is 1. The van der Waals surface area contributed by atoms with Crippen LogP contribution in [0.15, 0.2) is 47.0 Å². The number of aromatic hydroxyl groups is 1. The fraction of sp³-hybridized carbons (Fsp3) is 0.350. The molecule has 4 rings (SSSR count).